The van der Waals surface area contributed by atoms with Gasteiger partial charge in [0.2, 0.25) is 0 Å². The molecule has 1 N–H and O–H groups in total. The normalized spacial score (nSPS) is 28.2. The molecule has 0 amide bonds. The van der Waals surface area contributed by atoms with Crippen molar-refractivity contribution in [3.63, 3.8) is 0 Å². The van der Waals surface area contributed by atoms with Crippen LogP contribution in [0.5, 0.6) is 0 Å². The summed E-state index contributed by atoms with van der Waals surface area (Å²) in [6, 6.07) is 31.2. The summed E-state index contributed by atoms with van der Waals surface area (Å²) >= 11 is 0. The Kier molecular flexibility index (Phi) is 8.71. The largest absolute Gasteiger partial charge is 0.405 e. The van der Waals surface area contributed by atoms with Crippen LogP contribution >= 0.6 is 0 Å². The van der Waals surface area contributed by atoms with Crippen molar-refractivity contribution >= 4 is 18.7 Å². The van der Waals surface area contributed by atoms with Crippen LogP contribution in [-0.2, 0) is 18.6 Å². The predicted molar refractivity (Wildman–Crippen MR) is 157 cm³/mol. The third kappa shape index (κ3) is 6.07. The number of fused-ring (bicyclic) bond motifs is 1. The molecule has 1 unspecified atom stereocenters. The minimum Gasteiger partial charge on any atom is -0.405 e. The average molecular weight is 547 g/mol. The molecule has 0 aliphatic carbocycles. The average Bonchev–Trinajstić information content (AvgIpc) is 2.93. The van der Waals surface area contributed by atoms with E-state index in [1.165, 1.54) is 10.4 Å². The summed E-state index contributed by atoms with van der Waals surface area (Å²) in [4.78, 5) is 0. The fourth-order valence-electron chi connectivity index (χ4n) is 6.19. The van der Waals surface area contributed by atoms with Gasteiger partial charge in [0.1, 0.15) is 12.2 Å². The van der Waals surface area contributed by atoms with Crippen LogP contribution in [0, 0.1) is 5.92 Å². The molecule has 0 spiro atoms. The van der Waals surface area contributed by atoms with Gasteiger partial charge in [0, 0.05) is 5.56 Å². The van der Waals surface area contributed by atoms with Gasteiger partial charge in [0.25, 0.3) is 8.32 Å². The number of benzene rings is 3. The number of hydrogen-bond acceptors (Lipinski definition) is 5. The molecule has 2 saturated heterocycles. The summed E-state index contributed by atoms with van der Waals surface area (Å²) in [7, 11) is -2.76. The fourth-order valence-corrected chi connectivity index (χ4v) is 10.8. The lowest BCUT2D eigenvalue weighted by atomic mass is 9.90. The van der Waals surface area contributed by atoms with Crippen LogP contribution in [0.3, 0.4) is 0 Å². The van der Waals surface area contributed by atoms with Crippen molar-refractivity contribution in [1.82, 2.24) is 0 Å². The molecule has 0 radical (unpaired) electrons. The summed E-state index contributed by atoms with van der Waals surface area (Å²) in [5.74, 6) is 0.279. The first-order valence-electron chi connectivity index (χ1n) is 14.2. The molecule has 2 heterocycles. The Hall–Kier alpha value is -2.32. The van der Waals surface area contributed by atoms with Gasteiger partial charge >= 0.3 is 0 Å². The Balaban J connectivity index is 1.41. The molecule has 6 atom stereocenters. The molecule has 2 fully saturated rings. The highest BCUT2D eigenvalue weighted by Gasteiger charge is 2.51. The topological polar surface area (TPSA) is 57.2 Å². The van der Waals surface area contributed by atoms with Gasteiger partial charge in [-0.05, 0) is 34.2 Å². The van der Waals surface area contributed by atoms with Crippen molar-refractivity contribution in [1.29, 1.82) is 0 Å². The van der Waals surface area contributed by atoms with Gasteiger partial charge in [-0.2, -0.15) is 0 Å². The monoisotopic (exact) mass is 546 g/mol. The van der Waals surface area contributed by atoms with Crippen molar-refractivity contribution in [3.8, 4) is 0 Å². The van der Waals surface area contributed by atoms with Crippen LogP contribution in [-0.4, -0.2) is 51.1 Å². The van der Waals surface area contributed by atoms with Crippen molar-refractivity contribution in [2.75, 3.05) is 13.2 Å². The molecule has 2 aliphatic heterocycles. The Morgan fingerprint density at radius 2 is 1.36 bits per heavy atom. The summed E-state index contributed by atoms with van der Waals surface area (Å²) in [6.45, 7) is 9.69. The van der Waals surface area contributed by atoms with Crippen molar-refractivity contribution < 1.29 is 23.7 Å². The van der Waals surface area contributed by atoms with Gasteiger partial charge in [-0.25, -0.2) is 0 Å². The van der Waals surface area contributed by atoms with E-state index in [-0.39, 0.29) is 23.2 Å². The molecular formula is C33H42O5Si. The molecule has 0 bridgehead atoms. The molecule has 208 valence electrons. The number of ether oxygens (including phenoxy) is 3. The maximum atomic E-state index is 11.3. The lowest BCUT2D eigenvalue weighted by molar-refractivity contribution is -0.287. The molecule has 0 saturated carbocycles. The Morgan fingerprint density at radius 3 is 1.92 bits per heavy atom. The number of aliphatic hydroxyl groups excluding tert-OH is 1. The second-order valence-electron chi connectivity index (χ2n) is 12.1. The van der Waals surface area contributed by atoms with E-state index in [9.17, 15) is 5.11 Å². The first-order chi connectivity index (χ1) is 18.8. The van der Waals surface area contributed by atoms with Crippen LogP contribution in [0.2, 0.25) is 5.04 Å². The molecule has 6 heteroatoms. The van der Waals surface area contributed by atoms with E-state index in [4.69, 9.17) is 18.6 Å². The fraction of sp³-hybridized carbons (Fsp3) is 0.455. The van der Waals surface area contributed by atoms with Gasteiger partial charge in [-0.15, -0.1) is 0 Å². The van der Waals surface area contributed by atoms with Gasteiger partial charge in [0.05, 0.1) is 25.4 Å². The van der Waals surface area contributed by atoms with Crippen LogP contribution in [0.25, 0.3) is 0 Å². The highest BCUT2D eigenvalue weighted by atomic mass is 28.4. The Morgan fingerprint density at radius 1 is 0.795 bits per heavy atom. The first-order valence-corrected chi connectivity index (χ1v) is 16.1. The van der Waals surface area contributed by atoms with Crippen LogP contribution in [0.4, 0.5) is 0 Å². The standard InChI is InChI=1S/C33H42O5Si/c1-24-20-28(34)30(37-31-22-35-32(38-29(31)21-24)25-14-8-5-9-15-25)23-36-39(33(2,3)4,26-16-10-6-11-17-26)27-18-12-7-13-19-27/h5-19,24,28-32,34H,20-23H2,1-4H3/t24-,28+,29-,30-,31+,32?/m0/s1. The van der Waals surface area contributed by atoms with E-state index in [0.717, 1.165) is 12.0 Å². The summed E-state index contributed by atoms with van der Waals surface area (Å²) in [5.41, 5.74) is 1.01. The smallest absolute Gasteiger partial charge is 0.261 e. The highest BCUT2D eigenvalue weighted by molar-refractivity contribution is 6.99. The lowest BCUT2D eigenvalue weighted by Gasteiger charge is -2.45. The van der Waals surface area contributed by atoms with Crippen molar-refractivity contribution in [3.05, 3.63) is 96.6 Å². The zero-order valence-electron chi connectivity index (χ0n) is 23.5. The highest BCUT2D eigenvalue weighted by Crippen LogP contribution is 2.38. The SMILES string of the molecule is C[C@H]1C[C@@H](O)[C@H](CO[Si](c2ccccc2)(c2ccccc2)C(C)(C)C)O[C@@H]2COC(c3ccccc3)O[C@H]2C1. The second-order valence-corrected chi connectivity index (χ2v) is 16.4. The summed E-state index contributed by atoms with van der Waals surface area (Å²) < 4.78 is 26.3. The number of hydrogen-bond donors (Lipinski definition) is 1. The van der Waals surface area contributed by atoms with Crippen LogP contribution < -0.4 is 10.4 Å². The van der Waals surface area contributed by atoms with E-state index in [0.29, 0.717) is 19.6 Å². The van der Waals surface area contributed by atoms with E-state index in [1.54, 1.807) is 0 Å². The zero-order valence-corrected chi connectivity index (χ0v) is 24.5. The second kappa shape index (κ2) is 12.0. The third-order valence-corrected chi connectivity index (χ3v) is 13.1. The quantitative estimate of drug-likeness (QED) is 0.430. The zero-order chi connectivity index (χ0) is 27.5. The molecule has 5 nitrogen and oxygen atoms in total. The molecule has 3 aromatic rings. The maximum Gasteiger partial charge on any atom is 0.261 e. The van der Waals surface area contributed by atoms with Crippen LogP contribution in [0.15, 0.2) is 91.0 Å². The minimum atomic E-state index is -2.76. The van der Waals surface area contributed by atoms with Crippen molar-refractivity contribution in [2.45, 2.75) is 76.3 Å². The van der Waals surface area contributed by atoms with Gasteiger partial charge in [-0.3, -0.25) is 0 Å². The molecule has 5 rings (SSSR count). The number of aliphatic hydroxyl groups is 1. The van der Waals surface area contributed by atoms with Gasteiger partial charge in [-0.1, -0.05) is 119 Å². The molecule has 39 heavy (non-hydrogen) atoms. The summed E-state index contributed by atoms with van der Waals surface area (Å²) in [5, 5.41) is 13.6. The first kappa shape index (κ1) is 28.2. The Bertz CT molecular complexity index is 1130. The van der Waals surface area contributed by atoms with E-state index in [1.807, 2.05) is 42.5 Å². The molecule has 3 aromatic carbocycles. The van der Waals surface area contributed by atoms with Crippen LogP contribution in [0.1, 0.15) is 52.4 Å². The van der Waals surface area contributed by atoms with Gasteiger partial charge < -0.3 is 23.7 Å². The lowest BCUT2D eigenvalue weighted by Crippen LogP contribution is -2.67. The number of rotatable bonds is 6. The van der Waals surface area contributed by atoms with Gasteiger partial charge in [0.15, 0.2) is 6.29 Å². The maximum absolute atomic E-state index is 11.3. The van der Waals surface area contributed by atoms with E-state index < -0.39 is 26.8 Å². The molecular weight excluding hydrogens is 504 g/mol. The van der Waals surface area contributed by atoms with E-state index >= 15 is 0 Å². The predicted octanol–water partition coefficient (Wildman–Crippen LogP) is 5.22. The van der Waals surface area contributed by atoms with E-state index in [2.05, 4.69) is 76.2 Å². The third-order valence-electron chi connectivity index (χ3n) is 8.13. The molecule has 2 aliphatic rings. The van der Waals surface area contributed by atoms with Crippen molar-refractivity contribution in [2.24, 2.45) is 5.92 Å². The Labute approximate surface area is 234 Å². The summed E-state index contributed by atoms with van der Waals surface area (Å²) in [6.07, 6.45) is -0.445. The molecule has 0 aromatic heterocycles. The minimum absolute atomic E-state index is 0.109.